The molecule has 19 heavy (non-hydrogen) atoms. The van der Waals surface area contributed by atoms with Crippen molar-refractivity contribution in [1.29, 1.82) is 0 Å². The Balaban J connectivity index is 2.45. The minimum Gasteiger partial charge on any atom is -0.484 e. The Labute approximate surface area is 114 Å². The average molecular weight is 266 g/mol. The molecule has 0 aliphatic carbocycles. The largest absolute Gasteiger partial charge is 0.484 e. The first-order valence-electron chi connectivity index (χ1n) is 6.36. The maximum Gasteiger partial charge on any atom is 0.257 e. The van der Waals surface area contributed by atoms with Crippen LogP contribution in [0.2, 0.25) is 0 Å². The fourth-order valence-corrected chi connectivity index (χ4v) is 1.35. The summed E-state index contributed by atoms with van der Waals surface area (Å²) in [5.41, 5.74) is 0. The molecule has 0 amide bonds. The summed E-state index contributed by atoms with van der Waals surface area (Å²) in [6.45, 7) is 8.66. The topological polar surface area (TPSA) is 63.6 Å². The molecule has 0 spiro atoms. The average Bonchev–Trinajstić information content (AvgIpc) is 2.41. The third kappa shape index (κ3) is 6.22. The molecule has 5 heteroatoms. The van der Waals surface area contributed by atoms with Gasteiger partial charge in [0.25, 0.3) is 5.88 Å². The quantitative estimate of drug-likeness (QED) is 0.661. The fraction of sp³-hybridized carbons (Fsp3) is 0.500. The SMILES string of the molecule is C=CCOc1cccnc1OCC(O)CNC(C)C. The Bertz CT molecular complexity index is 383. The van der Waals surface area contributed by atoms with Crippen LogP contribution in [0.25, 0.3) is 0 Å². The summed E-state index contributed by atoms with van der Waals surface area (Å²) >= 11 is 0. The number of rotatable bonds is 9. The van der Waals surface area contributed by atoms with Crippen molar-refractivity contribution in [3.63, 3.8) is 0 Å². The standard InChI is InChI=1S/C14H22N2O3/c1-4-8-18-13-6-5-7-15-14(13)19-10-12(17)9-16-11(2)3/h4-7,11-12,16-17H,1,8-10H2,2-3H3. The first kappa shape index (κ1) is 15.5. The number of hydrogen-bond acceptors (Lipinski definition) is 5. The summed E-state index contributed by atoms with van der Waals surface area (Å²) in [5, 5.41) is 12.9. The number of ether oxygens (including phenoxy) is 2. The minimum atomic E-state index is -0.586. The van der Waals surface area contributed by atoms with E-state index in [-0.39, 0.29) is 6.61 Å². The van der Waals surface area contributed by atoms with Gasteiger partial charge < -0.3 is 19.9 Å². The Morgan fingerprint density at radius 1 is 1.47 bits per heavy atom. The number of hydrogen-bond donors (Lipinski definition) is 2. The molecule has 5 nitrogen and oxygen atoms in total. The molecule has 1 unspecified atom stereocenters. The minimum absolute atomic E-state index is 0.168. The summed E-state index contributed by atoms with van der Waals surface area (Å²) in [5.74, 6) is 0.930. The molecule has 0 radical (unpaired) electrons. The summed E-state index contributed by atoms with van der Waals surface area (Å²) in [6.07, 6.45) is 2.68. The first-order valence-corrected chi connectivity index (χ1v) is 6.36. The predicted molar refractivity (Wildman–Crippen MR) is 74.6 cm³/mol. The molecular weight excluding hydrogens is 244 g/mol. The van der Waals surface area contributed by atoms with E-state index in [1.807, 2.05) is 13.8 Å². The lowest BCUT2D eigenvalue weighted by molar-refractivity contribution is 0.0998. The molecule has 106 valence electrons. The predicted octanol–water partition coefficient (Wildman–Crippen LogP) is 1.38. The van der Waals surface area contributed by atoms with Crippen LogP contribution in [-0.2, 0) is 0 Å². The first-order chi connectivity index (χ1) is 9.13. The van der Waals surface area contributed by atoms with E-state index in [1.165, 1.54) is 0 Å². The van der Waals surface area contributed by atoms with Gasteiger partial charge in [0.1, 0.15) is 19.3 Å². The zero-order valence-corrected chi connectivity index (χ0v) is 11.5. The summed E-state index contributed by atoms with van der Waals surface area (Å²) in [4.78, 5) is 4.09. The lowest BCUT2D eigenvalue weighted by Crippen LogP contribution is -2.35. The second kappa shape index (κ2) is 8.50. The molecule has 1 rings (SSSR count). The lowest BCUT2D eigenvalue weighted by atomic mass is 10.3. The van der Waals surface area contributed by atoms with Crippen LogP contribution in [0, 0.1) is 0 Å². The van der Waals surface area contributed by atoms with Crippen molar-refractivity contribution in [1.82, 2.24) is 10.3 Å². The second-order valence-corrected chi connectivity index (χ2v) is 4.43. The van der Waals surface area contributed by atoms with E-state index in [4.69, 9.17) is 9.47 Å². The van der Waals surface area contributed by atoms with E-state index in [9.17, 15) is 5.11 Å². The third-order valence-electron chi connectivity index (χ3n) is 2.27. The maximum atomic E-state index is 9.75. The third-order valence-corrected chi connectivity index (χ3v) is 2.27. The van der Waals surface area contributed by atoms with E-state index in [1.54, 1.807) is 24.4 Å². The number of nitrogens with one attached hydrogen (secondary N) is 1. The highest BCUT2D eigenvalue weighted by molar-refractivity contribution is 5.32. The molecule has 0 saturated carbocycles. The van der Waals surface area contributed by atoms with E-state index in [2.05, 4.69) is 16.9 Å². The molecule has 0 aliphatic heterocycles. The van der Waals surface area contributed by atoms with Gasteiger partial charge in [-0.25, -0.2) is 4.98 Å². The number of aromatic nitrogens is 1. The lowest BCUT2D eigenvalue weighted by Gasteiger charge is -2.15. The molecule has 0 saturated heterocycles. The van der Waals surface area contributed by atoms with Gasteiger partial charge in [-0.2, -0.15) is 0 Å². The monoisotopic (exact) mass is 266 g/mol. The fourth-order valence-electron chi connectivity index (χ4n) is 1.35. The van der Waals surface area contributed by atoms with Crippen molar-refractivity contribution < 1.29 is 14.6 Å². The molecule has 2 N–H and O–H groups in total. The number of nitrogens with zero attached hydrogens (tertiary/aromatic N) is 1. The van der Waals surface area contributed by atoms with Crippen LogP contribution in [0.15, 0.2) is 31.0 Å². The van der Waals surface area contributed by atoms with E-state index >= 15 is 0 Å². The van der Waals surface area contributed by atoms with Crippen LogP contribution in [0.1, 0.15) is 13.8 Å². The van der Waals surface area contributed by atoms with Gasteiger partial charge >= 0.3 is 0 Å². The molecule has 1 aromatic heterocycles. The van der Waals surface area contributed by atoms with Gasteiger partial charge in [0, 0.05) is 18.8 Å². The molecular formula is C14H22N2O3. The number of pyridine rings is 1. The zero-order chi connectivity index (χ0) is 14.1. The van der Waals surface area contributed by atoms with Crippen LogP contribution < -0.4 is 14.8 Å². The molecule has 0 aliphatic rings. The van der Waals surface area contributed by atoms with Gasteiger partial charge in [-0.15, -0.1) is 0 Å². The van der Waals surface area contributed by atoms with Crippen LogP contribution in [-0.4, -0.2) is 42.0 Å². The molecule has 1 heterocycles. The van der Waals surface area contributed by atoms with Gasteiger partial charge in [0.05, 0.1) is 0 Å². The Morgan fingerprint density at radius 3 is 2.95 bits per heavy atom. The number of aliphatic hydroxyl groups excluding tert-OH is 1. The van der Waals surface area contributed by atoms with E-state index < -0.39 is 6.10 Å². The highest BCUT2D eigenvalue weighted by Crippen LogP contribution is 2.23. The van der Waals surface area contributed by atoms with Gasteiger partial charge in [-0.05, 0) is 12.1 Å². The van der Waals surface area contributed by atoms with Crippen molar-refractivity contribution in [2.24, 2.45) is 0 Å². The number of aliphatic hydroxyl groups is 1. The normalized spacial score (nSPS) is 12.2. The molecule has 1 aromatic rings. The van der Waals surface area contributed by atoms with Crippen molar-refractivity contribution in [3.05, 3.63) is 31.0 Å². The maximum absolute atomic E-state index is 9.75. The van der Waals surface area contributed by atoms with Crippen molar-refractivity contribution >= 4 is 0 Å². The summed E-state index contributed by atoms with van der Waals surface area (Å²) < 4.78 is 10.9. The van der Waals surface area contributed by atoms with E-state index in [0.29, 0.717) is 30.8 Å². The Morgan fingerprint density at radius 2 is 2.26 bits per heavy atom. The second-order valence-electron chi connectivity index (χ2n) is 4.43. The van der Waals surface area contributed by atoms with Gasteiger partial charge in [-0.1, -0.05) is 26.5 Å². The summed E-state index contributed by atoms with van der Waals surface area (Å²) in [7, 11) is 0. The Hall–Kier alpha value is -1.59. The summed E-state index contributed by atoms with van der Waals surface area (Å²) in [6, 6.07) is 3.86. The van der Waals surface area contributed by atoms with Crippen molar-refractivity contribution in [2.75, 3.05) is 19.8 Å². The molecule has 0 bridgehead atoms. The van der Waals surface area contributed by atoms with Crippen molar-refractivity contribution in [2.45, 2.75) is 26.0 Å². The van der Waals surface area contributed by atoms with Crippen LogP contribution in [0.4, 0.5) is 0 Å². The highest BCUT2D eigenvalue weighted by Gasteiger charge is 2.10. The highest BCUT2D eigenvalue weighted by atomic mass is 16.5. The van der Waals surface area contributed by atoms with E-state index in [0.717, 1.165) is 0 Å². The molecule has 1 atom stereocenters. The van der Waals surface area contributed by atoms with Crippen LogP contribution in [0.5, 0.6) is 11.6 Å². The van der Waals surface area contributed by atoms with Crippen LogP contribution >= 0.6 is 0 Å². The van der Waals surface area contributed by atoms with Gasteiger partial charge in [0.2, 0.25) is 0 Å². The van der Waals surface area contributed by atoms with Gasteiger partial charge in [-0.3, -0.25) is 0 Å². The molecule has 0 aromatic carbocycles. The van der Waals surface area contributed by atoms with Crippen LogP contribution in [0.3, 0.4) is 0 Å². The molecule has 0 fully saturated rings. The smallest absolute Gasteiger partial charge is 0.257 e. The van der Waals surface area contributed by atoms with Gasteiger partial charge in [0.15, 0.2) is 5.75 Å². The zero-order valence-electron chi connectivity index (χ0n) is 11.5. The van der Waals surface area contributed by atoms with Crippen molar-refractivity contribution in [3.8, 4) is 11.6 Å². The Kier molecular flexibility index (Phi) is 6.92.